The fraction of sp³-hybridized carbons (Fsp3) is 0. The first kappa shape index (κ1) is 16.1. The molecule has 0 aliphatic carbocycles. The molecule has 0 aliphatic heterocycles. The number of para-hydroxylation sites is 1. The van der Waals surface area contributed by atoms with Crippen LogP contribution in [0.4, 0.5) is 27.5 Å². The Labute approximate surface area is 149 Å². The molecule has 0 atom stereocenters. The monoisotopic (exact) mass is 381 g/mol. The zero-order valence-electron chi connectivity index (χ0n) is 12.8. The second-order valence-corrected chi connectivity index (χ2v) is 6.07. The Kier molecular flexibility index (Phi) is 5.13. The topological polar surface area (TPSA) is 53.2 Å². The molecule has 4 nitrogen and oxygen atoms in total. The van der Waals surface area contributed by atoms with Crippen LogP contribution in [0.25, 0.3) is 0 Å². The highest BCUT2D eigenvalue weighted by molar-refractivity contribution is 9.10. The minimum absolute atomic E-state index is 0.281. The molecule has 0 radical (unpaired) electrons. The maximum Gasteiger partial charge on any atom is 0.323 e. The molecule has 24 heavy (non-hydrogen) atoms. The Hall–Kier alpha value is -2.79. The van der Waals surface area contributed by atoms with Crippen molar-refractivity contribution in [3.63, 3.8) is 0 Å². The van der Waals surface area contributed by atoms with Gasteiger partial charge in [-0.05, 0) is 54.6 Å². The lowest BCUT2D eigenvalue weighted by Gasteiger charge is -2.10. The third kappa shape index (κ3) is 4.60. The first-order valence-corrected chi connectivity index (χ1v) is 8.24. The van der Waals surface area contributed by atoms with Gasteiger partial charge in [0.1, 0.15) is 0 Å². The van der Waals surface area contributed by atoms with Gasteiger partial charge in [0.25, 0.3) is 0 Å². The van der Waals surface area contributed by atoms with Crippen LogP contribution in [0.1, 0.15) is 0 Å². The van der Waals surface area contributed by atoms with Gasteiger partial charge in [0.2, 0.25) is 0 Å². The molecular weight excluding hydrogens is 366 g/mol. The van der Waals surface area contributed by atoms with E-state index >= 15 is 0 Å². The molecule has 0 aromatic heterocycles. The van der Waals surface area contributed by atoms with Crippen LogP contribution in [0.5, 0.6) is 0 Å². The second-order valence-electron chi connectivity index (χ2n) is 5.16. The lowest BCUT2D eigenvalue weighted by atomic mass is 10.2. The van der Waals surface area contributed by atoms with E-state index in [9.17, 15) is 4.79 Å². The summed E-state index contributed by atoms with van der Waals surface area (Å²) in [5.41, 5.74) is 3.43. The van der Waals surface area contributed by atoms with Crippen LogP contribution in [0.15, 0.2) is 83.3 Å². The number of carbonyl (C=O) groups excluding carboxylic acids is 1. The third-order valence-electron chi connectivity index (χ3n) is 3.29. The summed E-state index contributed by atoms with van der Waals surface area (Å²) in [5.74, 6) is 0. The van der Waals surface area contributed by atoms with Gasteiger partial charge in [-0.25, -0.2) is 4.79 Å². The van der Waals surface area contributed by atoms with Gasteiger partial charge in [-0.3, -0.25) is 0 Å². The summed E-state index contributed by atoms with van der Waals surface area (Å²) in [6.45, 7) is 0. The van der Waals surface area contributed by atoms with E-state index in [4.69, 9.17) is 0 Å². The molecule has 0 saturated carbocycles. The van der Waals surface area contributed by atoms with Crippen molar-refractivity contribution in [3.8, 4) is 0 Å². The lowest BCUT2D eigenvalue weighted by Crippen LogP contribution is -2.19. The lowest BCUT2D eigenvalue weighted by molar-refractivity contribution is 0.262. The number of hydrogen-bond donors (Lipinski definition) is 3. The van der Waals surface area contributed by atoms with Crippen LogP contribution < -0.4 is 16.0 Å². The van der Waals surface area contributed by atoms with Gasteiger partial charge in [0.15, 0.2) is 0 Å². The molecule has 0 fully saturated rings. The van der Waals surface area contributed by atoms with Crippen LogP contribution in [-0.4, -0.2) is 6.03 Å². The maximum atomic E-state index is 12.0. The van der Waals surface area contributed by atoms with Gasteiger partial charge in [-0.15, -0.1) is 0 Å². The molecule has 5 heteroatoms. The van der Waals surface area contributed by atoms with E-state index < -0.39 is 0 Å². The van der Waals surface area contributed by atoms with Crippen molar-refractivity contribution < 1.29 is 4.79 Å². The highest BCUT2D eigenvalue weighted by Gasteiger charge is 2.03. The van der Waals surface area contributed by atoms with E-state index in [0.717, 1.165) is 27.2 Å². The van der Waals surface area contributed by atoms with Gasteiger partial charge < -0.3 is 16.0 Å². The second kappa shape index (κ2) is 7.66. The Morgan fingerprint density at radius 1 is 0.667 bits per heavy atom. The average molecular weight is 382 g/mol. The van der Waals surface area contributed by atoms with Gasteiger partial charge in [0, 0.05) is 27.2 Å². The number of urea groups is 1. The zero-order chi connectivity index (χ0) is 16.8. The Balaban J connectivity index is 1.58. The van der Waals surface area contributed by atoms with Crippen LogP contribution in [0.3, 0.4) is 0 Å². The number of amides is 2. The van der Waals surface area contributed by atoms with Crippen molar-refractivity contribution in [1.82, 2.24) is 0 Å². The number of nitrogens with one attached hydrogen (secondary N) is 3. The molecule has 120 valence electrons. The molecule has 0 heterocycles. The van der Waals surface area contributed by atoms with Gasteiger partial charge >= 0.3 is 6.03 Å². The zero-order valence-corrected chi connectivity index (χ0v) is 14.4. The summed E-state index contributed by atoms with van der Waals surface area (Å²) in [5, 5.41) is 8.89. The van der Waals surface area contributed by atoms with Gasteiger partial charge in [-0.2, -0.15) is 0 Å². The fourth-order valence-electron chi connectivity index (χ4n) is 2.18. The van der Waals surface area contributed by atoms with Gasteiger partial charge in [0.05, 0.1) is 0 Å². The number of anilines is 4. The maximum absolute atomic E-state index is 12.0. The molecular formula is C19H16BrN3O. The van der Waals surface area contributed by atoms with Crippen molar-refractivity contribution in [2.24, 2.45) is 0 Å². The molecule has 0 saturated heterocycles. The van der Waals surface area contributed by atoms with Crippen LogP contribution in [0, 0.1) is 0 Å². The molecule has 0 spiro atoms. The van der Waals surface area contributed by atoms with E-state index in [2.05, 4.69) is 31.9 Å². The van der Waals surface area contributed by atoms with Crippen molar-refractivity contribution in [2.75, 3.05) is 16.0 Å². The molecule has 0 aliphatic rings. The van der Waals surface area contributed by atoms with Crippen molar-refractivity contribution in [3.05, 3.63) is 83.3 Å². The standard InChI is InChI=1S/C19H16BrN3O/c20-14-5-4-8-18(13-14)23-19(24)22-17-11-9-16(10-12-17)21-15-6-2-1-3-7-15/h1-13,21H,(H2,22,23,24). The van der Waals surface area contributed by atoms with Crippen LogP contribution in [-0.2, 0) is 0 Å². The summed E-state index contributed by atoms with van der Waals surface area (Å²) < 4.78 is 0.914. The smallest absolute Gasteiger partial charge is 0.323 e. The number of benzene rings is 3. The van der Waals surface area contributed by atoms with Crippen molar-refractivity contribution in [2.45, 2.75) is 0 Å². The van der Waals surface area contributed by atoms with Crippen molar-refractivity contribution in [1.29, 1.82) is 0 Å². The van der Waals surface area contributed by atoms with E-state index in [0.29, 0.717) is 0 Å². The minimum atomic E-state index is -0.281. The average Bonchev–Trinajstić information content (AvgIpc) is 2.57. The molecule has 0 unspecified atom stereocenters. The highest BCUT2D eigenvalue weighted by atomic mass is 79.9. The largest absolute Gasteiger partial charge is 0.356 e. The van der Waals surface area contributed by atoms with E-state index in [1.165, 1.54) is 0 Å². The SMILES string of the molecule is O=C(Nc1ccc(Nc2ccccc2)cc1)Nc1cccc(Br)c1. The number of carbonyl (C=O) groups is 1. The summed E-state index contributed by atoms with van der Waals surface area (Å²) in [6.07, 6.45) is 0. The summed E-state index contributed by atoms with van der Waals surface area (Å²) in [4.78, 5) is 12.0. The predicted octanol–water partition coefficient (Wildman–Crippen LogP) is 5.84. The molecule has 3 aromatic rings. The van der Waals surface area contributed by atoms with Crippen LogP contribution >= 0.6 is 15.9 Å². The van der Waals surface area contributed by atoms with E-state index in [1.807, 2.05) is 78.9 Å². The predicted molar refractivity (Wildman–Crippen MR) is 103 cm³/mol. The summed E-state index contributed by atoms with van der Waals surface area (Å²) in [6, 6.07) is 24.6. The van der Waals surface area contributed by atoms with Gasteiger partial charge in [-0.1, -0.05) is 40.2 Å². The Morgan fingerprint density at radius 3 is 1.96 bits per heavy atom. The number of hydrogen-bond acceptors (Lipinski definition) is 2. The molecule has 3 N–H and O–H groups in total. The molecule has 3 aromatic carbocycles. The first-order chi connectivity index (χ1) is 11.7. The fourth-order valence-corrected chi connectivity index (χ4v) is 2.58. The number of halogens is 1. The Bertz CT molecular complexity index is 820. The molecule has 3 rings (SSSR count). The summed E-state index contributed by atoms with van der Waals surface area (Å²) >= 11 is 3.38. The molecule has 2 amide bonds. The normalized spacial score (nSPS) is 10.0. The first-order valence-electron chi connectivity index (χ1n) is 7.45. The quantitative estimate of drug-likeness (QED) is 0.531. The highest BCUT2D eigenvalue weighted by Crippen LogP contribution is 2.19. The third-order valence-corrected chi connectivity index (χ3v) is 3.78. The Morgan fingerprint density at radius 2 is 1.25 bits per heavy atom. The summed E-state index contributed by atoms with van der Waals surface area (Å²) in [7, 11) is 0. The van der Waals surface area contributed by atoms with E-state index in [1.54, 1.807) is 0 Å². The van der Waals surface area contributed by atoms with E-state index in [-0.39, 0.29) is 6.03 Å². The van der Waals surface area contributed by atoms with Crippen molar-refractivity contribution >= 4 is 44.7 Å². The van der Waals surface area contributed by atoms with Crippen LogP contribution in [0.2, 0.25) is 0 Å². The molecule has 0 bridgehead atoms. The number of rotatable bonds is 4. The minimum Gasteiger partial charge on any atom is -0.356 e.